The van der Waals surface area contributed by atoms with Gasteiger partial charge < -0.3 is 20.1 Å². The van der Waals surface area contributed by atoms with Crippen LogP contribution in [0.1, 0.15) is 5.56 Å². The first-order chi connectivity index (χ1) is 18.7. The third kappa shape index (κ3) is 6.79. The predicted octanol–water partition coefficient (Wildman–Crippen LogP) is 4.67. The van der Waals surface area contributed by atoms with Gasteiger partial charge in [0.15, 0.2) is 18.1 Å². The second-order valence-electron chi connectivity index (χ2n) is 8.02. The lowest BCUT2D eigenvalue weighted by Crippen LogP contribution is -2.36. The number of nitrogens with zero attached hydrogens (tertiary/aromatic N) is 1. The summed E-state index contributed by atoms with van der Waals surface area (Å²) in [6.07, 6.45) is 1.38. The molecule has 0 atom stereocenters. The van der Waals surface area contributed by atoms with Crippen LogP contribution in [0, 0.1) is 11.6 Å². The van der Waals surface area contributed by atoms with Crippen molar-refractivity contribution in [2.75, 3.05) is 30.9 Å². The van der Waals surface area contributed by atoms with Crippen LogP contribution in [0.3, 0.4) is 0 Å². The fourth-order valence-corrected chi connectivity index (χ4v) is 4.33. The first-order valence-corrected chi connectivity index (χ1v) is 12.2. The molecule has 0 bridgehead atoms. The second kappa shape index (κ2) is 12.2. The fourth-order valence-electron chi connectivity index (χ4n) is 3.50. The van der Waals surface area contributed by atoms with Crippen LogP contribution in [0.5, 0.6) is 11.5 Å². The molecule has 0 aromatic heterocycles. The maximum absolute atomic E-state index is 13.8. The van der Waals surface area contributed by atoms with Gasteiger partial charge >= 0.3 is 0 Å². The van der Waals surface area contributed by atoms with Gasteiger partial charge in [-0.1, -0.05) is 24.3 Å². The van der Waals surface area contributed by atoms with Crippen LogP contribution in [0.15, 0.2) is 71.6 Å². The van der Waals surface area contributed by atoms with Gasteiger partial charge in [0.05, 0.1) is 17.7 Å². The van der Waals surface area contributed by atoms with Crippen molar-refractivity contribution >= 4 is 52.2 Å². The lowest BCUT2D eigenvalue weighted by Gasteiger charge is -2.14. The molecular formula is C27H21F2N3O6S. The number of halogens is 2. The van der Waals surface area contributed by atoms with E-state index >= 15 is 0 Å². The number of rotatable bonds is 9. The normalized spacial score (nSPS) is 13.9. The summed E-state index contributed by atoms with van der Waals surface area (Å²) in [7, 11) is 1.40. The van der Waals surface area contributed by atoms with E-state index < -0.39 is 47.7 Å². The van der Waals surface area contributed by atoms with Crippen LogP contribution in [-0.2, 0) is 14.4 Å². The number of carbonyl (C=O) groups excluding carboxylic acids is 4. The molecule has 0 spiro atoms. The number of methoxy groups -OCH3 is 1. The van der Waals surface area contributed by atoms with Crippen LogP contribution in [0.2, 0.25) is 0 Å². The zero-order valence-electron chi connectivity index (χ0n) is 20.4. The Morgan fingerprint density at radius 2 is 1.69 bits per heavy atom. The highest BCUT2D eigenvalue weighted by molar-refractivity contribution is 8.18. The average molecular weight is 554 g/mol. The molecule has 2 N–H and O–H groups in total. The zero-order valence-corrected chi connectivity index (χ0v) is 21.2. The molecular weight excluding hydrogens is 532 g/mol. The van der Waals surface area contributed by atoms with Crippen molar-refractivity contribution in [2.24, 2.45) is 0 Å². The number of ether oxygens (including phenoxy) is 2. The minimum Gasteiger partial charge on any atom is -0.493 e. The van der Waals surface area contributed by atoms with Gasteiger partial charge in [-0.15, -0.1) is 0 Å². The predicted molar refractivity (Wildman–Crippen MR) is 141 cm³/mol. The number of imide groups is 1. The number of amides is 4. The first kappa shape index (κ1) is 27.3. The number of benzene rings is 3. The first-order valence-electron chi connectivity index (χ1n) is 11.4. The summed E-state index contributed by atoms with van der Waals surface area (Å²) in [4.78, 5) is 50.9. The van der Waals surface area contributed by atoms with Gasteiger partial charge in [-0.2, -0.15) is 0 Å². The second-order valence-corrected chi connectivity index (χ2v) is 9.01. The minimum atomic E-state index is -0.749. The number of para-hydroxylation sites is 2. The van der Waals surface area contributed by atoms with Crippen molar-refractivity contribution < 1.29 is 37.4 Å². The third-order valence-electron chi connectivity index (χ3n) is 5.31. The van der Waals surface area contributed by atoms with Crippen molar-refractivity contribution in [3.8, 4) is 11.5 Å². The molecule has 1 heterocycles. The van der Waals surface area contributed by atoms with Gasteiger partial charge in [0, 0.05) is 11.3 Å². The van der Waals surface area contributed by atoms with E-state index in [-0.39, 0.29) is 22.1 Å². The molecule has 0 saturated carbocycles. The quantitative estimate of drug-likeness (QED) is 0.371. The van der Waals surface area contributed by atoms with Crippen LogP contribution in [-0.4, -0.2) is 48.1 Å². The molecule has 0 unspecified atom stereocenters. The smallest absolute Gasteiger partial charge is 0.294 e. The summed E-state index contributed by atoms with van der Waals surface area (Å²) >= 11 is 0.616. The zero-order chi connectivity index (χ0) is 27.9. The highest BCUT2D eigenvalue weighted by Crippen LogP contribution is 2.37. The summed E-state index contributed by atoms with van der Waals surface area (Å²) in [5.41, 5.74) is 0.634. The van der Waals surface area contributed by atoms with Gasteiger partial charge in [0.2, 0.25) is 5.91 Å². The Bertz CT molecular complexity index is 1460. The molecule has 0 radical (unpaired) electrons. The van der Waals surface area contributed by atoms with E-state index in [2.05, 4.69) is 10.6 Å². The molecule has 4 rings (SSSR count). The van der Waals surface area contributed by atoms with E-state index in [0.717, 1.165) is 4.90 Å². The lowest BCUT2D eigenvalue weighted by molar-refractivity contribution is -0.127. The molecule has 200 valence electrons. The SMILES string of the molecule is COc1cccc(/C=C2\SC(=O)N(CC(=O)Nc3ccccc3F)C2=O)c1OCC(=O)Nc1ccc(F)cc1. The van der Waals surface area contributed by atoms with Gasteiger partial charge in [0.1, 0.15) is 18.2 Å². The Morgan fingerprint density at radius 3 is 2.41 bits per heavy atom. The number of carbonyl (C=O) groups is 4. The molecule has 12 heteroatoms. The monoisotopic (exact) mass is 553 g/mol. The highest BCUT2D eigenvalue weighted by Gasteiger charge is 2.36. The Hall–Kier alpha value is -4.71. The van der Waals surface area contributed by atoms with E-state index in [9.17, 15) is 28.0 Å². The largest absolute Gasteiger partial charge is 0.493 e. The highest BCUT2D eigenvalue weighted by atomic mass is 32.2. The van der Waals surface area contributed by atoms with E-state index in [1.54, 1.807) is 18.2 Å². The topological polar surface area (TPSA) is 114 Å². The molecule has 1 saturated heterocycles. The van der Waals surface area contributed by atoms with Crippen molar-refractivity contribution in [3.05, 3.63) is 88.8 Å². The summed E-state index contributed by atoms with van der Waals surface area (Å²) < 4.78 is 37.9. The minimum absolute atomic E-state index is 0.00700. The average Bonchev–Trinajstić information content (AvgIpc) is 3.17. The number of hydrogen-bond donors (Lipinski definition) is 2. The Kier molecular flexibility index (Phi) is 8.56. The van der Waals surface area contributed by atoms with Crippen LogP contribution in [0.4, 0.5) is 25.0 Å². The fraction of sp³-hybridized carbons (Fsp3) is 0.111. The van der Waals surface area contributed by atoms with Gasteiger partial charge in [0.25, 0.3) is 17.1 Å². The van der Waals surface area contributed by atoms with Crippen molar-refractivity contribution in [1.29, 1.82) is 0 Å². The summed E-state index contributed by atoms with van der Waals surface area (Å²) in [5, 5.41) is 4.22. The summed E-state index contributed by atoms with van der Waals surface area (Å²) in [6, 6.07) is 15.5. The molecule has 1 fully saturated rings. The maximum Gasteiger partial charge on any atom is 0.294 e. The molecule has 4 amide bonds. The van der Waals surface area contributed by atoms with Crippen LogP contribution in [0.25, 0.3) is 6.08 Å². The molecule has 39 heavy (non-hydrogen) atoms. The maximum atomic E-state index is 13.8. The molecule has 1 aliphatic heterocycles. The number of hydrogen-bond acceptors (Lipinski definition) is 7. The summed E-state index contributed by atoms with van der Waals surface area (Å²) in [6.45, 7) is -1.04. The Labute approximate surface area is 225 Å². The van der Waals surface area contributed by atoms with Crippen LogP contribution < -0.4 is 20.1 Å². The van der Waals surface area contributed by atoms with Gasteiger partial charge in [-0.25, -0.2) is 8.78 Å². The molecule has 3 aromatic rings. The molecule has 1 aliphatic rings. The van der Waals surface area contributed by atoms with Crippen molar-refractivity contribution in [2.45, 2.75) is 0 Å². The number of thioether (sulfide) groups is 1. The van der Waals surface area contributed by atoms with E-state index in [1.807, 2.05) is 0 Å². The van der Waals surface area contributed by atoms with Gasteiger partial charge in [-0.3, -0.25) is 24.1 Å². The van der Waals surface area contributed by atoms with E-state index in [1.165, 1.54) is 61.7 Å². The van der Waals surface area contributed by atoms with E-state index in [0.29, 0.717) is 23.0 Å². The third-order valence-corrected chi connectivity index (χ3v) is 6.22. The van der Waals surface area contributed by atoms with Gasteiger partial charge in [-0.05, 0) is 60.3 Å². The van der Waals surface area contributed by atoms with Crippen molar-refractivity contribution in [3.63, 3.8) is 0 Å². The Balaban J connectivity index is 1.47. The standard InChI is InChI=1S/C27H21F2N3O6S/c1-37-21-8-4-5-16(25(21)38-15-24(34)30-18-11-9-17(28)10-12-18)13-22-26(35)32(27(36)39-22)14-23(33)31-20-7-3-2-6-19(20)29/h2-13H,14-15H2,1H3,(H,30,34)(H,31,33)/b22-13-. The van der Waals surface area contributed by atoms with Crippen molar-refractivity contribution in [1.82, 2.24) is 4.90 Å². The summed E-state index contributed by atoms with van der Waals surface area (Å²) in [5.74, 6) is -2.70. The Morgan fingerprint density at radius 1 is 0.949 bits per heavy atom. The number of anilines is 2. The molecule has 3 aromatic carbocycles. The molecule has 0 aliphatic carbocycles. The number of nitrogens with one attached hydrogen (secondary N) is 2. The van der Waals surface area contributed by atoms with Crippen LogP contribution >= 0.6 is 11.8 Å². The molecule has 9 nitrogen and oxygen atoms in total. The van der Waals surface area contributed by atoms with E-state index in [4.69, 9.17) is 9.47 Å². The lowest BCUT2D eigenvalue weighted by atomic mass is 10.1.